The second-order valence-corrected chi connectivity index (χ2v) is 6.19. The maximum Gasteiger partial charge on any atom is 0.303 e. The van der Waals surface area contributed by atoms with E-state index in [2.05, 4.69) is 0 Å². The molecule has 1 saturated carbocycles. The molecule has 0 aromatic rings. The van der Waals surface area contributed by atoms with Crippen LogP contribution in [0.2, 0.25) is 0 Å². The van der Waals surface area contributed by atoms with Crippen molar-refractivity contribution in [1.29, 1.82) is 0 Å². The predicted molar refractivity (Wildman–Crippen MR) is 73.0 cm³/mol. The zero-order chi connectivity index (χ0) is 14.5. The smallest absolute Gasteiger partial charge is 0.303 e. The molecule has 1 N–H and O–H groups in total. The Labute approximate surface area is 119 Å². The minimum Gasteiger partial charge on any atom is -0.481 e. The number of rotatable bonds is 4. The number of nitrogens with zero attached hydrogens (tertiary/aromatic N) is 1. The van der Waals surface area contributed by atoms with Crippen molar-refractivity contribution in [3.05, 3.63) is 0 Å². The number of halogens is 1. The normalized spacial score (nSPS) is 31.1. The number of carbonyl (C=O) groups is 2. The third-order valence-electron chi connectivity index (χ3n) is 4.56. The standard InChI is InChI=1S/C15H24FNO3/c16-13-5-1-4-12(9-13)15(20)17-8-2-3-11(10-17)6-7-14(18)19/h11-13H,1-10H2,(H,18,19). The fourth-order valence-corrected chi connectivity index (χ4v) is 3.44. The maximum absolute atomic E-state index is 13.4. The van der Waals surface area contributed by atoms with E-state index >= 15 is 0 Å². The van der Waals surface area contributed by atoms with Crippen LogP contribution in [0.1, 0.15) is 51.4 Å². The lowest BCUT2D eigenvalue weighted by Crippen LogP contribution is -2.44. The number of hydrogen-bond acceptors (Lipinski definition) is 2. The van der Waals surface area contributed by atoms with Crippen molar-refractivity contribution in [2.75, 3.05) is 13.1 Å². The van der Waals surface area contributed by atoms with Crippen LogP contribution < -0.4 is 0 Å². The third kappa shape index (κ3) is 4.18. The van der Waals surface area contributed by atoms with E-state index in [9.17, 15) is 14.0 Å². The summed E-state index contributed by atoms with van der Waals surface area (Å²) in [6.07, 6.45) is 4.46. The second kappa shape index (κ2) is 7.04. The van der Waals surface area contributed by atoms with Gasteiger partial charge in [-0.2, -0.15) is 0 Å². The first-order valence-electron chi connectivity index (χ1n) is 7.71. The highest BCUT2D eigenvalue weighted by atomic mass is 19.1. The summed E-state index contributed by atoms with van der Waals surface area (Å²) >= 11 is 0. The lowest BCUT2D eigenvalue weighted by Gasteiger charge is -2.36. The molecular weight excluding hydrogens is 261 g/mol. The van der Waals surface area contributed by atoms with Gasteiger partial charge in [-0.3, -0.25) is 9.59 Å². The summed E-state index contributed by atoms with van der Waals surface area (Å²) in [5.74, 6) is -0.557. The fraction of sp³-hybridized carbons (Fsp3) is 0.867. The van der Waals surface area contributed by atoms with Crippen molar-refractivity contribution >= 4 is 11.9 Å². The van der Waals surface area contributed by atoms with Gasteiger partial charge in [0.05, 0.1) is 0 Å². The molecule has 1 saturated heterocycles. The first-order valence-corrected chi connectivity index (χ1v) is 7.71. The molecule has 4 nitrogen and oxygen atoms in total. The first-order chi connectivity index (χ1) is 9.56. The third-order valence-corrected chi connectivity index (χ3v) is 4.56. The van der Waals surface area contributed by atoms with Crippen LogP contribution in [0.4, 0.5) is 4.39 Å². The molecule has 0 radical (unpaired) electrons. The van der Waals surface area contributed by atoms with Gasteiger partial charge in [0.1, 0.15) is 6.17 Å². The van der Waals surface area contributed by atoms with Crippen LogP contribution in [-0.2, 0) is 9.59 Å². The topological polar surface area (TPSA) is 57.6 Å². The van der Waals surface area contributed by atoms with Crippen LogP contribution in [0.25, 0.3) is 0 Å². The summed E-state index contributed by atoms with van der Waals surface area (Å²) in [4.78, 5) is 24.9. The van der Waals surface area contributed by atoms with E-state index in [4.69, 9.17) is 5.11 Å². The Morgan fingerprint density at radius 1 is 1.20 bits per heavy atom. The SMILES string of the molecule is O=C(O)CCC1CCCN(C(=O)C2CCCC(F)C2)C1. The first kappa shape index (κ1) is 15.3. The van der Waals surface area contributed by atoms with Gasteiger partial charge in [-0.1, -0.05) is 0 Å². The van der Waals surface area contributed by atoms with E-state index in [1.54, 1.807) is 0 Å². The molecule has 2 fully saturated rings. The van der Waals surface area contributed by atoms with Gasteiger partial charge in [0.2, 0.25) is 5.91 Å². The lowest BCUT2D eigenvalue weighted by atomic mass is 9.85. The number of piperidine rings is 1. The van der Waals surface area contributed by atoms with Gasteiger partial charge in [0.25, 0.3) is 0 Å². The zero-order valence-corrected chi connectivity index (χ0v) is 11.9. The molecule has 2 aliphatic rings. The summed E-state index contributed by atoms with van der Waals surface area (Å²) in [7, 11) is 0. The van der Waals surface area contributed by atoms with Crippen molar-refractivity contribution in [3.63, 3.8) is 0 Å². The van der Waals surface area contributed by atoms with Gasteiger partial charge in [0.15, 0.2) is 0 Å². The summed E-state index contributed by atoms with van der Waals surface area (Å²) in [6, 6.07) is 0. The van der Waals surface area contributed by atoms with Gasteiger partial charge in [-0.05, 0) is 50.9 Å². The fourth-order valence-electron chi connectivity index (χ4n) is 3.44. The van der Waals surface area contributed by atoms with Gasteiger partial charge in [0, 0.05) is 25.4 Å². The van der Waals surface area contributed by atoms with Crippen LogP contribution in [0.5, 0.6) is 0 Å². The number of alkyl halides is 1. The molecule has 1 aliphatic heterocycles. The van der Waals surface area contributed by atoms with E-state index in [0.29, 0.717) is 25.8 Å². The molecule has 1 heterocycles. The van der Waals surface area contributed by atoms with Crippen molar-refractivity contribution in [2.24, 2.45) is 11.8 Å². The molecule has 0 bridgehead atoms. The Morgan fingerprint density at radius 3 is 2.70 bits per heavy atom. The van der Waals surface area contributed by atoms with Crippen LogP contribution in [0.3, 0.4) is 0 Å². The Kier molecular flexibility index (Phi) is 5.38. The van der Waals surface area contributed by atoms with Crippen molar-refractivity contribution < 1.29 is 19.1 Å². The van der Waals surface area contributed by atoms with Gasteiger partial charge in [-0.15, -0.1) is 0 Å². The van der Waals surface area contributed by atoms with Gasteiger partial charge in [-0.25, -0.2) is 4.39 Å². The van der Waals surface area contributed by atoms with Crippen molar-refractivity contribution in [3.8, 4) is 0 Å². The Balaban J connectivity index is 1.84. The molecule has 0 aromatic carbocycles. The van der Waals surface area contributed by atoms with Gasteiger partial charge < -0.3 is 10.0 Å². The summed E-state index contributed by atoms with van der Waals surface area (Å²) in [5.41, 5.74) is 0. The predicted octanol–water partition coefficient (Wildman–Crippen LogP) is 2.62. The highest BCUT2D eigenvalue weighted by Gasteiger charge is 2.32. The second-order valence-electron chi connectivity index (χ2n) is 6.19. The summed E-state index contributed by atoms with van der Waals surface area (Å²) in [5, 5.41) is 8.73. The van der Waals surface area contributed by atoms with Crippen molar-refractivity contribution in [2.45, 2.75) is 57.5 Å². The molecule has 5 heteroatoms. The Hall–Kier alpha value is -1.13. The molecule has 0 aromatic heterocycles. The Morgan fingerprint density at radius 2 is 2.00 bits per heavy atom. The number of amides is 1. The van der Waals surface area contributed by atoms with E-state index in [-0.39, 0.29) is 24.2 Å². The Bertz CT molecular complexity index is 361. The molecule has 3 unspecified atom stereocenters. The number of carboxylic acid groups (broad SMARTS) is 1. The highest BCUT2D eigenvalue weighted by molar-refractivity contribution is 5.79. The lowest BCUT2D eigenvalue weighted by molar-refractivity contribution is -0.139. The van der Waals surface area contributed by atoms with E-state index in [1.165, 1.54) is 0 Å². The quantitative estimate of drug-likeness (QED) is 0.864. The summed E-state index contributed by atoms with van der Waals surface area (Å²) in [6.45, 7) is 1.40. The van der Waals surface area contributed by atoms with E-state index < -0.39 is 12.1 Å². The minimum atomic E-state index is -0.828. The average molecular weight is 285 g/mol. The highest BCUT2D eigenvalue weighted by Crippen LogP contribution is 2.30. The largest absolute Gasteiger partial charge is 0.481 e. The van der Waals surface area contributed by atoms with Crippen LogP contribution >= 0.6 is 0 Å². The molecule has 0 spiro atoms. The molecule has 114 valence electrons. The van der Waals surface area contributed by atoms with Crippen molar-refractivity contribution in [1.82, 2.24) is 4.90 Å². The van der Waals surface area contributed by atoms with E-state index in [0.717, 1.165) is 32.2 Å². The van der Waals surface area contributed by atoms with Crippen LogP contribution in [0, 0.1) is 11.8 Å². The van der Waals surface area contributed by atoms with Crippen LogP contribution in [-0.4, -0.2) is 41.1 Å². The average Bonchev–Trinajstić information content (AvgIpc) is 2.44. The molecule has 20 heavy (non-hydrogen) atoms. The molecule has 1 amide bonds. The van der Waals surface area contributed by atoms with Crippen LogP contribution in [0.15, 0.2) is 0 Å². The van der Waals surface area contributed by atoms with E-state index in [1.807, 2.05) is 4.90 Å². The molecule has 3 atom stereocenters. The number of carboxylic acids is 1. The molecular formula is C15H24FNO3. The number of likely N-dealkylation sites (tertiary alicyclic amines) is 1. The monoisotopic (exact) mass is 285 g/mol. The minimum absolute atomic E-state index is 0.0902. The molecule has 2 rings (SSSR count). The van der Waals surface area contributed by atoms with Gasteiger partial charge >= 0.3 is 5.97 Å². The number of hydrogen-bond donors (Lipinski definition) is 1. The number of carbonyl (C=O) groups excluding carboxylic acids is 1. The maximum atomic E-state index is 13.4. The molecule has 1 aliphatic carbocycles. The summed E-state index contributed by atoms with van der Waals surface area (Å²) < 4.78 is 13.4. The number of aliphatic carboxylic acids is 1. The zero-order valence-electron chi connectivity index (χ0n) is 11.9.